The number of allylic oxidation sites excluding steroid dienone is 4. The van der Waals surface area contributed by atoms with Crippen LogP contribution < -0.4 is 0 Å². The molecule has 1 rings (SSSR count). The number of hydrogen-bond donors (Lipinski definition) is 0. The van der Waals surface area contributed by atoms with E-state index in [9.17, 15) is 13.7 Å². The Bertz CT molecular complexity index is 433. The summed E-state index contributed by atoms with van der Waals surface area (Å²) in [5, 5.41) is 0. The molecular weight excluding hydrogens is 226 g/mol. The molecule has 4 heteroatoms. The van der Waals surface area contributed by atoms with Crippen molar-refractivity contribution >= 4 is 11.5 Å². The number of carbonyl (C=O) groups is 1. The zero-order valence-corrected chi connectivity index (χ0v) is 9.32. The van der Waals surface area contributed by atoms with Crippen LogP contribution in [0, 0.1) is 0 Å². The molecule has 0 fully saturated rings. The second-order valence-electron chi connectivity index (χ2n) is 3.24. The fourth-order valence-electron chi connectivity index (χ4n) is 1.37. The predicted octanol–water partition coefficient (Wildman–Crippen LogP) is 3.66. The summed E-state index contributed by atoms with van der Waals surface area (Å²) in [6.45, 7) is 1.28. The summed E-state index contributed by atoms with van der Waals surface area (Å²) < 4.78 is 23.7. The van der Waals surface area contributed by atoms with Crippen LogP contribution in [0.3, 0.4) is 0 Å². The molecule has 0 unspecified atom stereocenters. The third kappa shape index (κ3) is 3.52. The van der Waals surface area contributed by atoms with E-state index >= 15 is 0 Å². The highest BCUT2D eigenvalue weighted by Gasteiger charge is 2.07. The molecule has 0 heterocycles. The van der Waals surface area contributed by atoms with Crippen molar-refractivity contribution in [2.45, 2.75) is 6.92 Å². The van der Waals surface area contributed by atoms with Crippen LogP contribution in [-0.2, 0) is 4.94 Å². The van der Waals surface area contributed by atoms with Crippen LogP contribution in [0.5, 0.6) is 0 Å². The molecule has 2 nitrogen and oxygen atoms in total. The van der Waals surface area contributed by atoms with Crippen LogP contribution in [0.15, 0.2) is 42.5 Å². The second kappa shape index (κ2) is 6.58. The molecule has 0 aliphatic rings. The van der Waals surface area contributed by atoms with Crippen LogP contribution in [0.4, 0.5) is 8.92 Å². The van der Waals surface area contributed by atoms with Crippen LogP contribution >= 0.6 is 0 Å². The van der Waals surface area contributed by atoms with Gasteiger partial charge in [-0.3, -0.25) is 0 Å². The molecule has 90 valence electrons. The standard InChI is InChI=1S/C13H12F2O2/c1-2-10(4-3-9-14)11-5-7-12(8-6-11)13(16)17-15/h2-8H,9H2,1H3/b4-3-,10-2+. The molecule has 0 N–H and O–H groups in total. The van der Waals surface area contributed by atoms with E-state index in [0.29, 0.717) is 0 Å². The largest absolute Gasteiger partial charge is 0.379 e. The zero-order valence-electron chi connectivity index (χ0n) is 9.32. The highest BCUT2D eigenvalue weighted by Crippen LogP contribution is 2.17. The fraction of sp³-hybridized carbons (Fsp3) is 0.154. The molecule has 0 saturated carbocycles. The van der Waals surface area contributed by atoms with Crippen molar-refractivity contribution in [1.29, 1.82) is 0 Å². The molecule has 0 aliphatic carbocycles. The summed E-state index contributed by atoms with van der Waals surface area (Å²) >= 11 is 0. The van der Waals surface area contributed by atoms with Crippen molar-refractivity contribution in [2.75, 3.05) is 6.67 Å². The zero-order chi connectivity index (χ0) is 12.7. The Labute approximate surface area is 98.1 Å². The normalized spacial score (nSPS) is 11.8. The molecule has 0 saturated heterocycles. The molecule has 0 aromatic heterocycles. The van der Waals surface area contributed by atoms with Crippen LogP contribution in [0.25, 0.3) is 5.57 Å². The van der Waals surface area contributed by atoms with E-state index < -0.39 is 12.6 Å². The lowest BCUT2D eigenvalue weighted by Gasteiger charge is -2.02. The molecule has 1 aromatic rings. The van der Waals surface area contributed by atoms with Gasteiger partial charge in [0.05, 0.1) is 5.56 Å². The first-order valence-electron chi connectivity index (χ1n) is 5.05. The van der Waals surface area contributed by atoms with Crippen molar-refractivity contribution in [2.24, 2.45) is 0 Å². The molecule has 0 aliphatic heterocycles. The Morgan fingerprint density at radius 1 is 1.29 bits per heavy atom. The molecule has 1 aromatic carbocycles. The van der Waals surface area contributed by atoms with E-state index in [-0.39, 0.29) is 5.56 Å². The Balaban J connectivity index is 2.93. The maximum absolute atomic E-state index is 12.0. The Morgan fingerprint density at radius 3 is 2.35 bits per heavy atom. The monoisotopic (exact) mass is 238 g/mol. The van der Waals surface area contributed by atoms with Crippen LogP contribution in [0.1, 0.15) is 22.8 Å². The minimum absolute atomic E-state index is 0.126. The minimum atomic E-state index is -1.03. The smallest absolute Gasteiger partial charge is 0.249 e. The van der Waals surface area contributed by atoms with Crippen molar-refractivity contribution in [3.05, 3.63) is 53.6 Å². The summed E-state index contributed by atoms with van der Waals surface area (Å²) in [6.07, 6.45) is 4.84. The van der Waals surface area contributed by atoms with Gasteiger partial charge >= 0.3 is 5.97 Å². The summed E-state index contributed by atoms with van der Waals surface area (Å²) in [5.74, 6) is -1.03. The van der Waals surface area contributed by atoms with E-state index in [2.05, 4.69) is 4.94 Å². The van der Waals surface area contributed by atoms with Gasteiger partial charge in [-0.15, -0.1) is 0 Å². The van der Waals surface area contributed by atoms with Gasteiger partial charge in [0.15, 0.2) is 0 Å². The van der Waals surface area contributed by atoms with Gasteiger partial charge in [-0.1, -0.05) is 30.4 Å². The van der Waals surface area contributed by atoms with Crippen molar-refractivity contribution in [3.8, 4) is 0 Å². The van der Waals surface area contributed by atoms with Crippen molar-refractivity contribution < 1.29 is 18.7 Å². The fourth-order valence-corrected chi connectivity index (χ4v) is 1.37. The van der Waals surface area contributed by atoms with Gasteiger partial charge in [0.2, 0.25) is 0 Å². The van der Waals surface area contributed by atoms with Crippen LogP contribution in [0.2, 0.25) is 0 Å². The quantitative estimate of drug-likeness (QED) is 0.748. The SMILES string of the molecule is C/C=C(\C=C/CF)c1ccc(C(=O)OF)cc1. The molecule has 0 amide bonds. The predicted molar refractivity (Wildman–Crippen MR) is 61.7 cm³/mol. The number of halogens is 2. The van der Waals surface area contributed by atoms with Crippen LogP contribution in [-0.4, -0.2) is 12.6 Å². The molecule has 17 heavy (non-hydrogen) atoms. The summed E-state index contributed by atoms with van der Waals surface area (Å²) in [5.41, 5.74) is 1.76. The van der Waals surface area contributed by atoms with Gasteiger partial charge in [0.1, 0.15) is 6.67 Å². The number of rotatable bonds is 4. The first kappa shape index (κ1) is 13.1. The van der Waals surface area contributed by atoms with E-state index in [1.807, 2.05) is 13.0 Å². The molecular formula is C13H12F2O2. The topological polar surface area (TPSA) is 26.3 Å². The van der Waals surface area contributed by atoms with Gasteiger partial charge in [0, 0.05) is 4.53 Å². The first-order chi connectivity index (χ1) is 8.22. The molecule has 0 radical (unpaired) electrons. The Kier molecular flexibility index (Phi) is 5.07. The molecule has 0 bridgehead atoms. The van der Waals surface area contributed by atoms with Crippen molar-refractivity contribution in [3.63, 3.8) is 0 Å². The number of alkyl halides is 1. The average molecular weight is 238 g/mol. The van der Waals surface area contributed by atoms with Gasteiger partial charge < -0.3 is 0 Å². The Morgan fingerprint density at radius 2 is 1.88 bits per heavy atom. The maximum atomic E-state index is 12.0. The van der Waals surface area contributed by atoms with Gasteiger partial charge in [-0.2, -0.15) is 0 Å². The van der Waals surface area contributed by atoms with E-state index in [1.54, 1.807) is 18.2 Å². The number of carbonyl (C=O) groups excluding carboxylic acids is 1. The van der Waals surface area contributed by atoms with E-state index in [1.165, 1.54) is 18.2 Å². The highest BCUT2D eigenvalue weighted by atomic mass is 19.3. The minimum Gasteiger partial charge on any atom is -0.249 e. The second-order valence-corrected chi connectivity index (χ2v) is 3.24. The van der Waals surface area contributed by atoms with E-state index in [4.69, 9.17) is 0 Å². The highest BCUT2D eigenvalue weighted by molar-refractivity contribution is 5.89. The summed E-state index contributed by atoms with van der Waals surface area (Å²) in [6, 6.07) is 6.18. The Hall–Kier alpha value is -1.97. The number of hydrogen-bond acceptors (Lipinski definition) is 2. The maximum Gasteiger partial charge on any atom is 0.379 e. The van der Waals surface area contributed by atoms with Gasteiger partial charge in [-0.25, -0.2) is 14.1 Å². The van der Waals surface area contributed by atoms with E-state index in [0.717, 1.165) is 11.1 Å². The van der Waals surface area contributed by atoms with Gasteiger partial charge in [-0.05, 0) is 30.2 Å². The average Bonchev–Trinajstić information content (AvgIpc) is 2.39. The van der Waals surface area contributed by atoms with Crippen molar-refractivity contribution in [1.82, 2.24) is 0 Å². The first-order valence-corrected chi connectivity index (χ1v) is 5.05. The number of benzene rings is 1. The third-order valence-electron chi connectivity index (χ3n) is 2.22. The lowest BCUT2D eigenvalue weighted by atomic mass is 10.0. The van der Waals surface area contributed by atoms with Gasteiger partial charge in [0.25, 0.3) is 0 Å². The third-order valence-corrected chi connectivity index (χ3v) is 2.22. The molecule has 0 atom stereocenters. The lowest BCUT2D eigenvalue weighted by Crippen LogP contribution is -1.98. The summed E-state index contributed by atoms with van der Waals surface area (Å²) in [7, 11) is 0. The molecule has 0 spiro atoms. The summed E-state index contributed by atoms with van der Waals surface area (Å²) in [4.78, 5) is 14.0. The lowest BCUT2D eigenvalue weighted by molar-refractivity contribution is -0.0788.